The Morgan fingerprint density at radius 1 is 1.10 bits per heavy atom. The zero-order valence-electron chi connectivity index (χ0n) is 18.5. The average Bonchev–Trinajstić information content (AvgIpc) is 2.80. The lowest BCUT2D eigenvalue weighted by atomic mass is 10.1. The number of methoxy groups -OCH3 is 1. The molecule has 0 aliphatic carbocycles. The van der Waals surface area contributed by atoms with E-state index in [9.17, 15) is 0 Å². The molecule has 8 heteroatoms. The number of para-hydroxylation sites is 1. The minimum Gasteiger partial charge on any atom is -0.497 e. The number of morpholine rings is 1. The second kappa shape index (κ2) is 13.3. The molecular weight excluding hydrogens is 507 g/mol. The van der Waals surface area contributed by atoms with Crippen molar-refractivity contribution in [2.24, 2.45) is 4.99 Å². The molecule has 31 heavy (non-hydrogen) atoms. The summed E-state index contributed by atoms with van der Waals surface area (Å²) in [6, 6.07) is 16.1. The molecular formula is C23H33IN4O3. The summed E-state index contributed by atoms with van der Waals surface area (Å²) < 4.78 is 16.7. The van der Waals surface area contributed by atoms with E-state index in [0.29, 0.717) is 13.1 Å². The molecule has 1 saturated heterocycles. The van der Waals surface area contributed by atoms with Crippen molar-refractivity contribution in [2.75, 3.05) is 51.9 Å². The molecule has 1 atom stereocenters. The zero-order valence-corrected chi connectivity index (χ0v) is 20.8. The molecule has 7 nitrogen and oxygen atoms in total. The number of rotatable bonds is 8. The van der Waals surface area contributed by atoms with Crippen molar-refractivity contribution >= 4 is 35.6 Å². The smallest absolute Gasteiger partial charge is 0.191 e. The molecule has 1 heterocycles. The van der Waals surface area contributed by atoms with Crippen LogP contribution in [0.15, 0.2) is 53.5 Å². The van der Waals surface area contributed by atoms with Crippen molar-refractivity contribution in [3.63, 3.8) is 0 Å². The van der Waals surface area contributed by atoms with Gasteiger partial charge in [0.05, 0.1) is 26.9 Å². The molecule has 1 aliphatic heterocycles. The van der Waals surface area contributed by atoms with E-state index in [2.05, 4.69) is 44.8 Å². The lowest BCUT2D eigenvalue weighted by Gasteiger charge is -2.30. The van der Waals surface area contributed by atoms with E-state index in [1.165, 1.54) is 11.3 Å². The van der Waals surface area contributed by atoms with Gasteiger partial charge in [0.25, 0.3) is 0 Å². The quantitative estimate of drug-likeness (QED) is 0.305. The van der Waals surface area contributed by atoms with Gasteiger partial charge in [-0.05, 0) is 30.7 Å². The van der Waals surface area contributed by atoms with Crippen LogP contribution in [0.2, 0.25) is 0 Å². The third kappa shape index (κ3) is 7.77. The van der Waals surface area contributed by atoms with E-state index < -0.39 is 0 Å². The predicted octanol–water partition coefficient (Wildman–Crippen LogP) is 3.28. The van der Waals surface area contributed by atoms with Gasteiger partial charge in [-0.15, -0.1) is 24.0 Å². The fourth-order valence-corrected chi connectivity index (χ4v) is 3.36. The van der Waals surface area contributed by atoms with E-state index in [1.807, 2.05) is 31.2 Å². The van der Waals surface area contributed by atoms with Gasteiger partial charge in [0.15, 0.2) is 5.96 Å². The van der Waals surface area contributed by atoms with Gasteiger partial charge >= 0.3 is 0 Å². The van der Waals surface area contributed by atoms with Crippen molar-refractivity contribution in [1.82, 2.24) is 10.6 Å². The first-order valence-electron chi connectivity index (χ1n) is 10.4. The molecule has 170 valence electrons. The summed E-state index contributed by atoms with van der Waals surface area (Å²) in [5.74, 6) is 2.31. The molecule has 1 fully saturated rings. The standard InChI is InChI=1S/C23H32N4O3.HI/c1-18(30-21-9-6-8-20(15-21)28-3)16-25-23(24-2)26-17-19-7-4-5-10-22(19)27-11-13-29-14-12-27;/h4-10,15,18H,11-14,16-17H2,1-3H3,(H2,24,25,26);1H. The number of ether oxygens (including phenoxy) is 3. The molecule has 1 unspecified atom stereocenters. The Bertz CT molecular complexity index is 828. The van der Waals surface area contributed by atoms with Crippen LogP contribution in [0.3, 0.4) is 0 Å². The van der Waals surface area contributed by atoms with Crippen molar-refractivity contribution in [3.8, 4) is 11.5 Å². The first-order chi connectivity index (χ1) is 14.7. The van der Waals surface area contributed by atoms with Gasteiger partial charge in [-0.3, -0.25) is 4.99 Å². The van der Waals surface area contributed by atoms with Crippen LogP contribution in [0.4, 0.5) is 5.69 Å². The summed E-state index contributed by atoms with van der Waals surface area (Å²) in [5, 5.41) is 6.74. The van der Waals surface area contributed by atoms with Gasteiger partial charge < -0.3 is 29.7 Å². The van der Waals surface area contributed by atoms with E-state index in [1.54, 1.807) is 14.2 Å². The van der Waals surface area contributed by atoms with Crippen molar-refractivity contribution < 1.29 is 14.2 Å². The van der Waals surface area contributed by atoms with Crippen LogP contribution in [0, 0.1) is 0 Å². The molecule has 3 rings (SSSR count). The van der Waals surface area contributed by atoms with Crippen LogP contribution in [-0.2, 0) is 11.3 Å². The second-order valence-electron chi connectivity index (χ2n) is 7.14. The Balaban J connectivity index is 0.00000341. The van der Waals surface area contributed by atoms with Crippen LogP contribution >= 0.6 is 24.0 Å². The molecule has 2 aromatic rings. The maximum atomic E-state index is 5.97. The van der Waals surface area contributed by atoms with E-state index in [-0.39, 0.29) is 30.1 Å². The average molecular weight is 540 g/mol. The molecule has 1 aliphatic rings. The first-order valence-corrected chi connectivity index (χ1v) is 10.4. The number of aliphatic imine (C=N–C) groups is 1. The fraction of sp³-hybridized carbons (Fsp3) is 0.435. The van der Waals surface area contributed by atoms with E-state index >= 15 is 0 Å². The summed E-state index contributed by atoms with van der Waals surface area (Å²) in [6.07, 6.45) is -0.0312. The number of benzene rings is 2. The van der Waals surface area contributed by atoms with Crippen LogP contribution < -0.4 is 25.0 Å². The third-order valence-electron chi connectivity index (χ3n) is 4.95. The number of halogens is 1. The van der Waals surface area contributed by atoms with Gasteiger partial charge in [-0.1, -0.05) is 24.3 Å². The van der Waals surface area contributed by atoms with Crippen LogP contribution in [-0.4, -0.2) is 59.1 Å². The van der Waals surface area contributed by atoms with E-state index in [0.717, 1.165) is 43.8 Å². The summed E-state index contributed by atoms with van der Waals surface area (Å²) in [7, 11) is 3.42. The molecule has 0 saturated carbocycles. The van der Waals surface area contributed by atoms with Crippen LogP contribution in [0.25, 0.3) is 0 Å². The zero-order chi connectivity index (χ0) is 21.2. The Morgan fingerprint density at radius 3 is 2.58 bits per heavy atom. The monoisotopic (exact) mass is 540 g/mol. The summed E-state index contributed by atoms with van der Waals surface area (Å²) in [4.78, 5) is 6.71. The van der Waals surface area contributed by atoms with Gasteiger partial charge in [0.1, 0.15) is 17.6 Å². The third-order valence-corrected chi connectivity index (χ3v) is 4.95. The topological polar surface area (TPSA) is 67.4 Å². The Morgan fingerprint density at radius 2 is 1.84 bits per heavy atom. The lowest BCUT2D eigenvalue weighted by molar-refractivity contribution is 0.122. The summed E-state index contributed by atoms with van der Waals surface area (Å²) >= 11 is 0. The molecule has 0 bridgehead atoms. The number of guanidine groups is 1. The molecule has 0 spiro atoms. The highest BCUT2D eigenvalue weighted by atomic mass is 127. The predicted molar refractivity (Wildman–Crippen MR) is 136 cm³/mol. The van der Waals surface area contributed by atoms with Gasteiger partial charge in [-0.2, -0.15) is 0 Å². The number of hydrogen-bond acceptors (Lipinski definition) is 5. The molecule has 0 amide bonds. The highest BCUT2D eigenvalue weighted by Crippen LogP contribution is 2.21. The molecule has 0 aromatic heterocycles. The minimum absolute atomic E-state index is 0. The first kappa shape index (κ1) is 25.1. The molecule has 2 N–H and O–H groups in total. The highest BCUT2D eigenvalue weighted by molar-refractivity contribution is 14.0. The van der Waals surface area contributed by atoms with Gasteiger partial charge in [-0.25, -0.2) is 0 Å². The molecule has 0 radical (unpaired) electrons. The van der Waals surface area contributed by atoms with Crippen LogP contribution in [0.5, 0.6) is 11.5 Å². The molecule has 2 aromatic carbocycles. The number of anilines is 1. The number of nitrogens with one attached hydrogen (secondary N) is 2. The minimum atomic E-state index is -0.0312. The van der Waals surface area contributed by atoms with Crippen molar-refractivity contribution in [2.45, 2.75) is 19.6 Å². The Hall–Kier alpha value is -2.20. The summed E-state index contributed by atoms with van der Waals surface area (Å²) in [6.45, 7) is 6.73. The number of nitrogens with zero attached hydrogens (tertiary/aromatic N) is 2. The van der Waals surface area contributed by atoms with Crippen LogP contribution in [0.1, 0.15) is 12.5 Å². The normalized spacial score (nSPS) is 14.9. The maximum absolute atomic E-state index is 5.97. The Kier molecular flexibility index (Phi) is 10.7. The highest BCUT2D eigenvalue weighted by Gasteiger charge is 2.14. The maximum Gasteiger partial charge on any atom is 0.191 e. The largest absolute Gasteiger partial charge is 0.497 e. The van der Waals surface area contributed by atoms with Gasteiger partial charge in [0.2, 0.25) is 0 Å². The van der Waals surface area contributed by atoms with Crippen molar-refractivity contribution in [1.29, 1.82) is 0 Å². The number of hydrogen-bond donors (Lipinski definition) is 2. The SMILES string of the molecule is CN=C(NCc1ccccc1N1CCOCC1)NCC(C)Oc1cccc(OC)c1.I. The second-order valence-corrected chi connectivity index (χ2v) is 7.14. The van der Waals surface area contributed by atoms with Crippen molar-refractivity contribution in [3.05, 3.63) is 54.1 Å². The lowest BCUT2D eigenvalue weighted by Crippen LogP contribution is -2.42. The fourth-order valence-electron chi connectivity index (χ4n) is 3.36. The van der Waals surface area contributed by atoms with Gasteiger partial charge in [0, 0.05) is 38.4 Å². The van der Waals surface area contributed by atoms with E-state index in [4.69, 9.17) is 14.2 Å². The Labute approximate surface area is 202 Å². The summed E-state index contributed by atoms with van der Waals surface area (Å²) in [5.41, 5.74) is 2.49.